The van der Waals surface area contributed by atoms with E-state index in [4.69, 9.17) is 13.8 Å². The lowest BCUT2D eigenvalue weighted by Crippen LogP contribution is -2.32. The van der Waals surface area contributed by atoms with Crippen LogP contribution in [0, 0.1) is 5.41 Å². The topological polar surface area (TPSA) is 44.8 Å². The first-order valence-corrected chi connectivity index (χ1v) is 9.16. The van der Waals surface area contributed by atoms with Crippen molar-refractivity contribution in [2.45, 2.75) is 39.9 Å². The maximum absolute atomic E-state index is 12.9. The Hall–Kier alpha value is -0.930. The summed E-state index contributed by atoms with van der Waals surface area (Å²) in [6.07, 6.45) is 0. The molecule has 0 radical (unpaired) electrons. The van der Waals surface area contributed by atoms with Gasteiger partial charge in [0.25, 0.3) is 0 Å². The molecule has 2 aliphatic heterocycles. The van der Waals surface area contributed by atoms with Crippen molar-refractivity contribution in [1.82, 2.24) is 0 Å². The van der Waals surface area contributed by atoms with Crippen molar-refractivity contribution in [2.24, 2.45) is 5.41 Å². The molecule has 3 rings (SSSR count). The predicted molar refractivity (Wildman–Crippen MR) is 86.6 cm³/mol. The Bertz CT molecular complexity index is 646. The van der Waals surface area contributed by atoms with Gasteiger partial charge in [0.05, 0.1) is 25.4 Å². The Morgan fingerprint density at radius 2 is 1.73 bits per heavy atom. The van der Waals surface area contributed by atoms with Crippen molar-refractivity contribution in [1.29, 1.82) is 0 Å². The Morgan fingerprint density at radius 1 is 1.09 bits per heavy atom. The van der Waals surface area contributed by atoms with Crippen LogP contribution >= 0.6 is 7.60 Å². The zero-order valence-corrected chi connectivity index (χ0v) is 14.5. The second-order valence-corrected chi connectivity index (χ2v) is 9.10. The van der Waals surface area contributed by atoms with E-state index in [1.807, 2.05) is 52.0 Å². The smallest absolute Gasteiger partial charge is 0.354 e. The van der Waals surface area contributed by atoms with Crippen LogP contribution < -0.4 is 0 Å². The molecule has 0 aromatic heterocycles. The van der Waals surface area contributed by atoms with Crippen LogP contribution in [0.5, 0.6) is 0 Å². The van der Waals surface area contributed by atoms with Gasteiger partial charge in [-0.05, 0) is 30.5 Å². The third kappa shape index (κ3) is 3.07. The average molecular weight is 322 g/mol. The van der Waals surface area contributed by atoms with Gasteiger partial charge in [-0.2, -0.15) is 0 Å². The number of hydrogen-bond acceptors (Lipinski definition) is 4. The molecular formula is C17H23O4P. The molecule has 5 heteroatoms. The quantitative estimate of drug-likeness (QED) is 0.709. The van der Waals surface area contributed by atoms with E-state index in [-0.39, 0.29) is 5.41 Å². The van der Waals surface area contributed by atoms with E-state index in [0.717, 1.165) is 16.7 Å². The summed E-state index contributed by atoms with van der Waals surface area (Å²) in [6.45, 7) is 9.44. The maximum Gasteiger partial charge on any atom is 0.354 e. The second-order valence-electron chi connectivity index (χ2n) is 7.25. The molecule has 0 amide bonds. The van der Waals surface area contributed by atoms with Crippen LogP contribution in [0.2, 0.25) is 0 Å². The van der Waals surface area contributed by atoms with E-state index in [0.29, 0.717) is 19.8 Å². The Morgan fingerprint density at radius 3 is 2.41 bits per heavy atom. The summed E-state index contributed by atoms with van der Waals surface area (Å²) in [5.41, 5.74) is 2.40. The summed E-state index contributed by atoms with van der Waals surface area (Å²) in [6, 6.07) is 8.03. The summed E-state index contributed by atoms with van der Waals surface area (Å²) in [4.78, 5) is 0. The SMILES string of the molecule is CC1(C)COP(=O)(/C=C2\c3ccccc3COC2(C)C)OC1. The summed E-state index contributed by atoms with van der Waals surface area (Å²) < 4.78 is 30.0. The largest absolute Gasteiger partial charge is 0.366 e. The molecule has 1 saturated heterocycles. The zero-order chi connectivity index (χ0) is 16.0. The highest BCUT2D eigenvalue weighted by atomic mass is 31.2. The lowest BCUT2D eigenvalue weighted by Gasteiger charge is -2.37. The van der Waals surface area contributed by atoms with E-state index >= 15 is 0 Å². The van der Waals surface area contributed by atoms with Crippen molar-refractivity contribution < 1.29 is 18.3 Å². The normalized spacial score (nSPS) is 27.4. The van der Waals surface area contributed by atoms with Crippen LogP contribution in [-0.2, 0) is 25.0 Å². The van der Waals surface area contributed by atoms with E-state index in [2.05, 4.69) is 0 Å². The fourth-order valence-electron chi connectivity index (χ4n) is 2.64. The van der Waals surface area contributed by atoms with Gasteiger partial charge in [-0.25, -0.2) is 0 Å². The van der Waals surface area contributed by atoms with Gasteiger partial charge in [0, 0.05) is 11.2 Å². The molecule has 1 aromatic carbocycles. The molecule has 4 nitrogen and oxygen atoms in total. The molecule has 0 N–H and O–H groups in total. The molecule has 120 valence electrons. The fraction of sp³-hybridized carbons (Fsp3) is 0.529. The Kier molecular flexibility index (Phi) is 3.85. The van der Waals surface area contributed by atoms with Crippen molar-refractivity contribution in [3.8, 4) is 0 Å². The zero-order valence-electron chi connectivity index (χ0n) is 13.6. The minimum atomic E-state index is -3.24. The highest BCUT2D eigenvalue weighted by Crippen LogP contribution is 2.58. The van der Waals surface area contributed by atoms with Crippen molar-refractivity contribution in [3.63, 3.8) is 0 Å². The molecule has 0 atom stereocenters. The molecule has 0 bridgehead atoms. The van der Waals surface area contributed by atoms with Crippen LogP contribution in [0.4, 0.5) is 0 Å². The van der Waals surface area contributed by atoms with Gasteiger partial charge in [0.1, 0.15) is 0 Å². The van der Waals surface area contributed by atoms with Gasteiger partial charge < -0.3 is 13.8 Å². The van der Waals surface area contributed by atoms with Crippen LogP contribution in [-0.4, -0.2) is 18.8 Å². The van der Waals surface area contributed by atoms with E-state index in [1.54, 1.807) is 5.82 Å². The van der Waals surface area contributed by atoms with Gasteiger partial charge >= 0.3 is 7.60 Å². The third-order valence-corrected chi connectivity index (χ3v) is 5.65. The molecule has 0 unspecified atom stereocenters. The van der Waals surface area contributed by atoms with Crippen LogP contribution in [0.25, 0.3) is 5.57 Å². The molecular weight excluding hydrogens is 299 g/mol. The second kappa shape index (κ2) is 5.31. The Labute approximate surface area is 132 Å². The third-order valence-electron chi connectivity index (χ3n) is 4.10. The minimum Gasteiger partial charge on any atom is -0.366 e. The number of benzene rings is 1. The standard InChI is InChI=1S/C17H23O4P/c1-16(2)11-20-22(18,21-12-16)10-15-14-8-6-5-7-13(14)9-19-17(15,3)4/h5-8,10H,9,11-12H2,1-4H3/b15-10+. The molecule has 0 spiro atoms. The number of fused-ring (bicyclic) bond motifs is 1. The van der Waals surface area contributed by atoms with Crippen molar-refractivity contribution in [2.75, 3.05) is 13.2 Å². The summed E-state index contributed by atoms with van der Waals surface area (Å²) in [5, 5.41) is 0. The van der Waals surface area contributed by atoms with Gasteiger partial charge in [-0.15, -0.1) is 0 Å². The highest BCUT2D eigenvalue weighted by molar-refractivity contribution is 7.57. The van der Waals surface area contributed by atoms with Crippen LogP contribution in [0.1, 0.15) is 38.8 Å². The van der Waals surface area contributed by atoms with E-state index < -0.39 is 13.2 Å². The van der Waals surface area contributed by atoms with Gasteiger partial charge in [-0.3, -0.25) is 4.57 Å². The summed E-state index contributed by atoms with van der Waals surface area (Å²) in [5.74, 6) is 1.65. The van der Waals surface area contributed by atoms with Crippen molar-refractivity contribution in [3.05, 3.63) is 41.2 Å². The summed E-state index contributed by atoms with van der Waals surface area (Å²) >= 11 is 0. The predicted octanol–water partition coefficient (Wildman–Crippen LogP) is 4.60. The van der Waals surface area contributed by atoms with E-state index in [1.165, 1.54) is 0 Å². The van der Waals surface area contributed by atoms with E-state index in [9.17, 15) is 4.57 Å². The lowest BCUT2D eigenvalue weighted by atomic mass is 9.87. The molecule has 2 aliphatic rings. The first-order valence-electron chi connectivity index (χ1n) is 7.55. The van der Waals surface area contributed by atoms with Crippen molar-refractivity contribution >= 4 is 13.2 Å². The van der Waals surface area contributed by atoms with Gasteiger partial charge in [0.2, 0.25) is 0 Å². The molecule has 1 fully saturated rings. The number of ether oxygens (including phenoxy) is 1. The number of hydrogen-bond donors (Lipinski definition) is 0. The average Bonchev–Trinajstić information content (AvgIpc) is 2.46. The fourth-order valence-corrected chi connectivity index (χ4v) is 4.68. The summed E-state index contributed by atoms with van der Waals surface area (Å²) in [7, 11) is -3.24. The molecule has 0 aliphatic carbocycles. The molecule has 0 saturated carbocycles. The minimum absolute atomic E-state index is 0.108. The lowest BCUT2D eigenvalue weighted by molar-refractivity contribution is 0.00753. The molecule has 1 aromatic rings. The van der Waals surface area contributed by atoms with Gasteiger partial charge in [0.15, 0.2) is 0 Å². The Balaban J connectivity index is 2.00. The van der Waals surface area contributed by atoms with Crippen LogP contribution in [0.15, 0.2) is 30.1 Å². The van der Waals surface area contributed by atoms with Crippen LogP contribution in [0.3, 0.4) is 0 Å². The van der Waals surface area contributed by atoms with Gasteiger partial charge in [-0.1, -0.05) is 38.1 Å². The number of rotatable bonds is 1. The maximum atomic E-state index is 12.9. The highest BCUT2D eigenvalue weighted by Gasteiger charge is 2.39. The molecule has 2 heterocycles. The first kappa shape index (κ1) is 15.9. The first-order chi connectivity index (χ1) is 10.2. The monoisotopic (exact) mass is 322 g/mol. The molecule has 22 heavy (non-hydrogen) atoms.